The SMILES string of the molecule is O=C(CCC1CCCCC1)N1CCN(S(=O)(=O)c2cccs2)CC1. The molecule has 3 rings (SSSR count). The molecule has 134 valence electrons. The lowest BCUT2D eigenvalue weighted by Gasteiger charge is -2.34. The number of hydrogen-bond donors (Lipinski definition) is 0. The van der Waals surface area contributed by atoms with E-state index >= 15 is 0 Å². The molecule has 0 aromatic carbocycles. The predicted molar refractivity (Wildman–Crippen MR) is 95.5 cm³/mol. The Balaban J connectivity index is 1.47. The molecule has 1 saturated carbocycles. The number of rotatable bonds is 5. The van der Waals surface area contributed by atoms with Crippen LogP contribution in [0.25, 0.3) is 0 Å². The normalized spacial score (nSPS) is 21.1. The second-order valence-corrected chi connectivity index (χ2v) is 9.87. The predicted octanol–water partition coefficient (Wildman–Crippen LogP) is 2.94. The number of carbonyl (C=O) groups is 1. The van der Waals surface area contributed by atoms with Gasteiger partial charge in [-0.25, -0.2) is 8.42 Å². The lowest BCUT2D eigenvalue weighted by molar-refractivity contribution is -0.132. The van der Waals surface area contributed by atoms with Gasteiger partial charge >= 0.3 is 0 Å². The summed E-state index contributed by atoms with van der Waals surface area (Å²) < 4.78 is 26.9. The van der Waals surface area contributed by atoms with Crippen molar-refractivity contribution in [2.45, 2.75) is 49.2 Å². The Bertz CT molecular complexity index is 629. The van der Waals surface area contributed by atoms with Crippen molar-refractivity contribution in [1.82, 2.24) is 9.21 Å². The van der Waals surface area contributed by atoms with E-state index in [0.717, 1.165) is 6.42 Å². The van der Waals surface area contributed by atoms with Crippen LogP contribution in [0.2, 0.25) is 0 Å². The van der Waals surface area contributed by atoms with Crippen molar-refractivity contribution in [2.75, 3.05) is 26.2 Å². The van der Waals surface area contributed by atoms with Gasteiger partial charge in [0, 0.05) is 32.6 Å². The van der Waals surface area contributed by atoms with E-state index in [9.17, 15) is 13.2 Å². The van der Waals surface area contributed by atoms with Crippen LogP contribution >= 0.6 is 11.3 Å². The van der Waals surface area contributed by atoms with Crippen LogP contribution in [0.5, 0.6) is 0 Å². The van der Waals surface area contributed by atoms with Crippen molar-refractivity contribution in [3.63, 3.8) is 0 Å². The van der Waals surface area contributed by atoms with E-state index in [2.05, 4.69) is 0 Å². The molecule has 7 heteroatoms. The molecule has 2 heterocycles. The summed E-state index contributed by atoms with van der Waals surface area (Å²) in [6.07, 6.45) is 8.08. The van der Waals surface area contributed by atoms with Gasteiger partial charge in [0.1, 0.15) is 4.21 Å². The molecule has 1 saturated heterocycles. The van der Waals surface area contributed by atoms with E-state index in [0.29, 0.717) is 42.7 Å². The maximum absolute atomic E-state index is 12.5. The summed E-state index contributed by atoms with van der Waals surface area (Å²) >= 11 is 1.24. The molecule has 1 aromatic heterocycles. The van der Waals surface area contributed by atoms with Gasteiger partial charge in [0.2, 0.25) is 5.91 Å². The lowest BCUT2D eigenvalue weighted by atomic mass is 9.86. The van der Waals surface area contributed by atoms with Crippen molar-refractivity contribution in [2.24, 2.45) is 5.92 Å². The summed E-state index contributed by atoms with van der Waals surface area (Å²) in [7, 11) is -3.38. The minimum Gasteiger partial charge on any atom is -0.340 e. The van der Waals surface area contributed by atoms with E-state index in [-0.39, 0.29) is 5.91 Å². The average Bonchev–Trinajstić information content (AvgIpc) is 3.16. The molecule has 0 atom stereocenters. The highest BCUT2D eigenvalue weighted by Gasteiger charge is 2.30. The lowest BCUT2D eigenvalue weighted by Crippen LogP contribution is -2.50. The largest absolute Gasteiger partial charge is 0.340 e. The minimum atomic E-state index is -3.38. The van der Waals surface area contributed by atoms with Crippen LogP contribution in [0.4, 0.5) is 0 Å². The van der Waals surface area contributed by atoms with E-state index in [1.54, 1.807) is 17.5 Å². The summed E-state index contributed by atoms with van der Waals surface area (Å²) in [5, 5.41) is 1.78. The third-order valence-corrected chi connectivity index (χ3v) is 8.44. The van der Waals surface area contributed by atoms with Crippen molar-refractivity contribution < 1.29 is 13.2 Å². The van der Waals surface area contributed by atoms with Gasteiger partial charge in [-0.3, -0.25) is 4.79 Å². The fraction of sp³-hybridized carbons (Fsp3) is 0.706. The molecular formula is C17H26N2O3S2. The Hall–Kier alpha value is -0.920. The Kier molecular flexibility index (Phi) is 5.94. The van der Waals surface area contributed by atoms with E-state index in [4.69, 9.17) is 0 Å². The standard InChI is InChI=1S/C17H26N2O3S2/c20-16(9-8-15-5-2-1-3-6-15)18-10-12-19(13-11-18)24(21,22)17-7-4-14-23-17/h4,7,14-15H,1-3,5-6,8-13H2. The summed E-state index contributed by atoms with van der Waals surface area (Å²) in [6, 6.07) is 3.39. The number of nitrogens with zero attached hydrogens (tertiary/aromatic N) is 2. The smallest absolute Gasteiger partial charge is 0.252 e. The van der Waals surface area contributed by atoms with Gasteiger partial charge in [0.25, 0.3) is 10.0 Å². The molecule has 2 aliphatic rings. The molecule has 0 spiro atoms. The molecule has 0 radical (unpaired) electrons. The van der Waals surface area contributed by atoms with Crippen molar-refractivity contribution >= 4 is 27.3 Å². The van der Waals surface area contributed by atoms with Crippen molar-refractivity contribution in [1.29, 1.82) is 0 Å². The summed E-state index contributed by atoms with van der Waals surface area (Å²) in [5.41, 5.74) is 0. The molecule has 1 aromatic rings. The van der Waals surface area contributed by atoms with Gasteiger partial charge in [-0.1, -0.05) is 38.2 Å². The van der Waals surface area contributed by atoms with Gasteiger partial charge in [-0.05, 0) is 23.8 Å². The zero-order chi connectivity index (χ0) is 17.0. The number of thiophene rings is 1. The average molecular weight is 371 g/mol. The van der Waals surface area contributed by atoms with E-state index in [1.807, 2.05) is 4.90 Å². The van der Waals surface area contributed by atoms with E-state index < -0.39 is 10.0 Å². The van der Waals surface area contributed by atoms with Crippen LogP contribution in [0.3, 0.4) is 0 Å². The van der Waals surface area contributed by atoms with Crippen LogP contribution in [0.1, 0.15) is 44.9 Å². The fourth-order valence-corrected chi connectivity index (χ4v) is 6.24. The maximum atomic E-state index is 12.5. The Labute approximate surface area is 148 Å². The first kappa shape index (κ1) is 17.9. The molecule has 1 aliphatic carbocycles. The molecule has 0 unspecified atom stereocenters. The summed E-state index contributed by atoms with van der Waals surface area (Å²) in [6.45, 7) is 1.81. The monoisotopic (exact) mass is 370 g/mol. The first-order valence-corrected chi connectivity index (χ1v) is 11.2. The second kappa shape index (κ2) is 7.97. The zero-order valence-electron chi connectivity index (χ0n) is 14.0. The molecule has 1 aliphatic heterocycles. The fourth-order valence-electron chi connectivity index (χ4n) is 3.68. The van der Waals surface area contributed by atoms with Gasteiger partial charge in [-0.2, -0.15) is 4.31 Å². The quantitative estimate of drug-likeness (QED) is 0.801. The highest BCUT2D eigenvalue weighted by atomic mass is 32.2. The zero-order valence-corrected chi connectivity index (χ0v) is 15.7. The third-order valence-electron chi connectivity index (χ3n) is 5.17. The van der Waals surface area contributed by atoms with Gasteiger partial charge in [0.05, 0.1) is 0 Å². The third kappa shape index (κ3) is 4.18. The summed E-state index contributed by atoms with van der Waals surface area (Å²) in [4.78, 5) is 14.2. The molecular weight excluding hydrogens is 344 g/mol. The van der Waals surface area contributed by atoms with Gasteiger partial charge in [0.15, 0.2) is 0 Å². The molecule has 24 heavy (non-hydrogen) atoms. The topological polar surface area (TPSA) is 57.7 Å². The maximum Gasteiger partial charge on any atom is 0.252 e. The molecule has 0 N–H and O–H groups in total. The highest BCUT2D eigenvalue weighted by Crippen LogP contribution is 2.28. The van der Waals surface area contributed by atoms with Crippen molar-refractivity contribution in [3.8, 4) is 0 Å². The van der Waals surface area contributed by atoms with E-state index in [1.165, 1.54) is 47.7 Å². The number of piperazine rings is 1. The number of sulfonamides is 1. The first-order valence-electron chi connectivity index (χ1n) is 8.89. The van der Waals surface area contributed by atoms with Gasteiger partial charge < -0.3 is 4.90 Å². The van der Waals surface area contributed by atoms with Crippen LogP contribution in [0, 0.1) is 5.92 Å². The number of amides is 1. The summed E-state index contributed by atoms with van der Waals surface area (Å²) in [5.74, 6) is 0.900. The second-order valence-electron chi connectivity index (χ2n) is 6.76. The molecule has 5 nitrogen and oxygen atoms in total. The minimum absolute atomic E-state index is 0.189. The number of hydrogen-bond acceptors (Lipinski definition) is 4. The van der Waals surface area contributed by atoms with Crippen LogP contribution in [-0.4, -0.2) is 49.7 Å². The highest BCUT2D eigenvalue weighted by molar-refractivity contribution is 7.91. The molecule has 0 bridgehead atoms. The number of carbonyl (C=O) groups excluding carboxylic acids is 1. The van der Waals surface area contributed by atoms with Crippen molar-refractivity contribution in [3.05, 3.63) is 17.5 Å². The van der Waals surface area contributed by atoms with Crippen LogP contribution in [0.15, 0.2) is 21.7 Å². The Morgan fingerprint density at radius 3 is 2.46 bits per heavy atom. The molecule has 2 fully saturated rings. The first-order chi connectivity index (χ1) is 11.6. The Morgan fingerprint density at radius 1 is 1.12 bits per heavy atom. The Morgan fingerprint density at radius 2 is 1.83 bits per heavy atom. The van der Waals surface area contributed by atoms with Crippen LogP contribution in [-0.2, 0) is 14.8 Å². The molecule has 1 amide bonds. The van der Waals surface area contributed by atoms with Gasteiger partial charge in [-0.15, -0.1) is 11.3 Å². The van der Waals surface area contributed by atoms with Crippen LogP contribution < -0.4 is 0 Å².